The summed E-state index contributed by atoms with van der Waals surface area (Å²) in [6, 6.07) is 0. The third-order valence-corrected chi connectivity index (χ3v) is 2.03. The standard InChI is InChI=1S/C8H14N4/c1-6(2)7-10-8-9-4-3-5-12(8)11-7/h6H,3-5H2,1-2H3,(H,9,10,11). The van der Waals surface area contributed by atoms with Gasteiger partial charge < -0.3 is 5.32 Å². The van der Waals surface area contributed by atoms with Gasteiger partial charge in [-0.2, -0.15) is 10.1 Å². The molecule has 0 atom stereocenters. The van der Waals surface area contributed by atoms with Crippen molar-refractivity contribution in [2.45, 2.75) is 32.7 Å². The molecule has 0 spiro atoms. The number of rotatable bonds is 1. The molecule has 0 radical (unpaired) electrons. The molecule has 0 amide bonds. The largest absolute Gasteiger partial charge is 0.354 e. The van der Waals surface area contributed by atoms with Crippen LogP contribution in [0.3, 0.4) is 0 Å². The molecular formula is C8H14N4. The zero-order valence-corrected chi connectivity index (χ0v) is 7.54. The van der Waals surface area contributed by atoms with Crippen molar-refractivity contribution in [2.24, 2.45) is 0 Å². The number of nitrogens with zero attached hydrogens (tertiary/aromatic N) is 3. The van der Waals surface area contributed by atoms with Crippen molar-refractivity contribution in [1.82, 2.24) is 14.8 Å². The minimum atomic E-state index is 0.421. The highest BCUT2D eigenvalue weighted by Crippen LogP contribution is 2.15. The molecule has 1 aliphatic heterocycles. The van der Waals surface area contributed by atoms with Crippen LogP contribution in [0.4, 0.5) is 5.95 Å². The Morgan fingerprint density at radius 1 is 1.50 bits per heavy atom. The summed E-state index contributed by atoms with van der Waals surface area (Å²) in [6.45, 7) is 6.25. The molecule has 0 bridgehead atoms. The lowest BCUT2D eigenvalue weighted by atomic mass is 10.2. The number of nitrogens with one attached hydrogen (secondary N) is 1. The molecule has 66 valence electrons. The lowest BCUT2D eigenvalue weighted by Crippen LogP contribution is -2.17. The van der Waals surface area contributed by atoms with Gasteiger partial charge in [0.05, 0.1) is 0 Å². The van der Waals surface area contributed by atoms with Crippen molar-refractivity contribution < 1.29 is 0 Å². The van der Waals surface area contributed by atoms with Crippen molar-refractivity contribution in [2.75, 3.05) is 11.9 Å². The van der Waals surface area contributed by atoms with Gasteiger partial charge in [0.25, 0.3) is 0 Å². The predicted molar refractivity (Wildman–Crippen MR) is 47.2 cm³/mol. The highest BCUT2D eigenvalue weighted by molar-refractivity contribution is 5.27. The second-order valence-electron chi connectivity index (χ2n) is 3.45. The molecule has 0 aliphatic carbocycles. The summed E-state index contributed by atoms with van der Waals surface area (Å²) in [6.07, 6.45) is 1.15. The minimum absolute atomic E-state index is 0.421. The molecule has 1 aromatic heterocycles. The number of anilines is 1. The maximum atomic E-state index is 4.39. The maximum Gasteiger partial charge on any atom is 0.221 e. The van der Waals surface area contributed by atoms with E-state index in [2.05, 4.69) is 29.2 Å². The smallest absolute Gasteiger partial charge is 0.221 e. The number of fused-ring (bicyclic) bond motifs is 1. The van der Waals surface area contributed by atoms with E-state index in [1.54, 1.807) is 0 Å². The third-order valence-electron chi connectivity index (χ3n) is 2.03. The number of hydrogen-bond acceptors (Lipinski definition) is 3. The van der Waals surface area contributed by atoms with Gasteiger partial charge >= 0.3 is 0 Å². The van der Waals surface area contributed by atoms with Crippen LogP contribution in [0.1, 0.15) is 32.0 Å². The normalized spacial score (nSPS) is 15.9. The lowest BCUT2D eigenvalue weighted by molar-refractivity contribution is 0.557. The van der Waals surface area contributed by atoms with Gasteiger partial charge in [0, 0.05) is 19.0 Å². The van der Waals surface area contributed by atoms with Gasteiger partial charge in [-0.1, -0.05) is 13.8 Å². The van der Waals surface area contributed by atoms with Gasteiger partial charge in [0.2, 0.25) is 5.95 Å². The Balaban J connectivity index is 2.32. The van der Waals surface area contributed by atoms with E-state index in [1.807, 2.05) is 4.68 Å². The van der Waals surface area contributed by atoms with Gasteiger partial charge in [0.15, 0.2) is 5.82 Å². The molecule has 0 saturated carbocycles. The van der Waals surface area contributed by atoms with Gasteiger partial charge in [-0.3, -0.25) is 0 Å². The Labute approximate surface area is 72.0 Å². The van der Waals surface area contributed by atoms with Crippen molar-refractivity contribution >= 4 is 5.95 Å². The molecule has 0 fully saturated rings. The fourth-order valence-electron chi connectivity index (χ4n) is 1.32. The summed E-state index contributed by atoms with van der Waals surface area (Å²) in [7, 11) is 0. The number of aromatic nitrogens is 3. The maximum absolute atomic E-state index is 4.39. The van der Waals surface area contributed by atoms with E-state index in [0.29, 0.717) is 5.92 Å². The molecule has 2 rings (SSSR count). The third kappa shape index (κ3) is 1.17. The first kappa shape index (κ1) is 7.58. The zero-order chi connectivity index (χ0) is 8.55. The van der Waals surface area contributed by atoms with Crippen LogP contribution in [-0.4, -0.2) is 21.3 Å². The SMILES string of the molecule is CC(C)c1nc2n(n1)CCCN2. The molecule has 0 aromatic carbocycles. The van der Waals surface area contributed by atoms with Gasteiger partial charge in [0.1, 0.15) is 0 Å². The molecule has 1 aliphatic rings. The van der Waals surface area contributed by atoms with Gasteiger partial charge in [-0.05, 0) is 6.42 Å². The molecular weight excluding hydrogens is 152 g/mol. The van der Waals surface area contributed by atoms with Crippen molar-refractivity contribution in [3.8, 4) is 0 Å². The van der Waals surface area contributed by atoms with E-state index < -0.39 is 0 Å². The first-order chi connectivity index (χ1) is 5.77. The molecule has 12 heavy (non-hydrogen) atoms. The van der Waals surface area contributed by atoms with E-state index in [0.717, 1.165) is 31.3 Å². The van der Waals surface area contributed by atoms with Crippen LogP contribution in [-0.2, 0) is 6.54 Å². The van der Waals surface area contributed by atoms with Crippen LogP contribution in [0.15, 0.2) is 0 Å². The minimum Gasteiger partial charge on any atom is -0.354 e. The second kappa shape index (κ2) is 2.77. The van der Waals surface area contributed by atoms with Gasteiger partial charge in [-0.25, -0.2) is 4.68 Å². The molecule has 4 nitrogen and oxygen atoms in total. The van der Waals surface area contributed by atoms with E-state index in [-0.39, 0.29) is 0 Å². The van der Waals surface area contributed by atoms with Crippen LogP contribution < -0.4 is 5.32 Å². The van der Waals surface area contributed by atoms with E-state index in [4.69, 9.17) is 0 Å². The Bertz CT molecular complexity index is 253. The monoisotopic (exact) mass is 166 g/mol. The first-order valence-electron chi connectivity index (χ1n) is 4.46. The second-order valence-corrected chi connectivity index (χ2v) is 3.45. The number of hydrogen-bond donors (Lipinski definition) is 1. The molecule has 1 aromatic rings. The van der Waals surface area contributed by atoms with Crippen LogP contribution in [0, 0.1) is 0 Å². The van der Waals surface area contributed by atoms with Gasteiger partial charge in [-0.15, -0.1) is 0 Å². The summed E-state index contributed by atoms with van der Waals surface area (Å²) in [5.41, 5.74) is 0. The quantitative estimate of drug-likeness (QED) is 0.682. The Morgan fingerprint density at radius 2 is 2.33 bits per heavy atom. The van der Waals surface area contributed by atoms with E-state index in [9.17, 15) is 0 Å². The summed E-state index contributed by atoms with van der Waals surface area (Å²) >= 11 is 0. The van der Waals surface area contributed by atoms with Crippen LogP contribution in [0.5, 0.6) is 0 Å². The first-order valence-corrected chi connectivity index (χ1v) is 4.46. The molecule has 0 unspecified atom stereocenters. The summed E-state index contributed by atoms with van der Waals surface area (Å²) in [5.74, 6) is 2.30. The van der Waals surface area contributed by atoms with Crippen molar-refractivity contribution in [3.05, 3.63) is 5.82 Å². The van der Waals surface area contributed by atoms with Crippen molar-refractivity contribution in [1.29, 1.82) is 0 Å². The molecule has 1 N–H and O–H groups in total. The van der Waals surface area contributed by atoms with E-state index in [1.165, 1.54) is 0 Å². The summed E-state index contributed by atoms with van der Waals surface area (Å²) in [5, 5.41) is 7.62. The molecule has 0 saturated heterocycles. The highest BCUT2D eigenvalue weighted by Gasteiger charge is 2.14. The predicted octanol–water partition coefficient (Wildman–Crippen LogP) is 1.22. The lowest BCUT2D eigenvalue weighted by Gasteiger charge is -2.12. The molecule has 4 heteroatoms. The van der Waals surface area contributed by atoms with E-state index >= 15 is 0 Å². The van der Waals surface area contributed by atoms with Crippen molar-refractivity contribution in [3.63, 3.8) is 0 Å². The average Bonchev–Trinajstić information content (AvgIpc) is 2.46. The molecule has 2 heterocycles. The Hall–Kier alpha value is -1.06. The average molecular weight is 166 g/mol. The Morgan fingerprint density at radius 3 is 3.00 bits per heavy atom. The van der Waals surface area contributed by atoms with Crippen LogP contribution in [0.25, 0.3) is 0 Å². The fourth-order valence-corrected chi connectivity index (χ4v) is 1.32. The van der Waals surface area contributed by atoms with Crippen LogP contribution in [0.2, 0.25) is 0 Å². The Kier molecular flexibility index (Phi) is 1.75. The topological polar surface area (TPSA) is 42.7 Å². The summed E-state index contributed by atoms with van der Waals surface area (Å²) in [4.78, 5) is 4.39. The number of aryl methyl sites for hydroxylation is 1. The fraction of sp³-hybridized carbons (Fsp3) is 0.750. The highest BCUT2D eigenvalue weighted by atomic mass is 15.4. The zero-order valence-electron chi connectivity index (χ0n) is 7.54. The van der Waals surface area contributed by atoms with Crippen LogP contribution >= 0.6 is 0 Å². The summed E-state index contributed by atoms with van der Waals surface area (Å²) < 4.78 is 1.96.